The Labute approximate surface area is 118 Å². The van der Waals surface area contributed by atoms with Gasteiger partial charge in [-0.1, -0.05) is 12.1 Å². The minimum atomic E-state index is -3.82. The van der Waals surface area contributed by atoms with E-state index in [9.17, 15) is 13.2 Å². The number of nitrogen functional groups attached to an aromatic ring is 1. The van der Waals surface area contributed by atoms with Crippen molar-refractivity contribution in [3.05, 3.63) is 24.3 Å². The largest absolute Gasteiger partial charge is 0.480 e. The van der Waals surface area contributed by atoms with Crippen LogP contribution in [0, 0.1) is 0 Å². The molecular weight excluding hydrogens is 284 g/mol. The highest BCUT2D eigenvalue weighted by Gasteiger charge is 2.26. The van der Waals surface area contributed by atoms with Crippen LogP contribution in [0.3, 0.4) is 0 Å². The second-order valence-corrected chi connectivity index (χ2v) is 5.98. The SMILES string of the molecule is CCOCCS(=O)(=O)N(CC(=O)O)c1ccccc1N. The Kier molecular flexibility index (Phi) is 5.78. The molecule has 7 nitrogen and oxygen atoms in total. The van der Waals surface area contributed by atoms with Crippen LogP contribution in [-0.4, -0.2) is 45.0 Å². The molecule has 112 valence electrons. The minimum absolute atomic E-state index is 0.00168. The van der Waals surface area contributed by atoms with E-state index >= 15 is 0 Å². The number of benzene rings is 1. The molecule has 8 heteroatoms. The van der Waals surface area contributed by atoms with Crippen molar-refractivity contribution in [3.63, 3.8) is 0 Å². The standard InChI is InChI=1S/C12H18N2O5S/c1-2-19-7-8-20(17,18)14(9-12(15)16)11-6-4-3-5-10(11)13/h3-6H,2,7-9,13H2,1H3,(H,15,16). The van der Waals surface area contributed by atoms with Crippen LogP contribution >= 0.6 is 0 Å². The highest BCUT2D eigenvalue weighted by atomic mass is 32.2. The Bertz CT molecular complexity index is 559. The molecule has 0 bridgehead atoms. The molecule has 0 spiro atoms. The monoisotopic (exact) mass is 302 g/mol. The maximum Gasteiger partial charge on any atom is 0.324 e. The first-order chi connectivity index (χ1) is 9.38. The number of carboxylic acids is 1. The number of carboxylic acid groups (broad SMARTS) is 1. The van der Waals surface area contributed by atoms with E-state index in [-0.39, 0.29) is 23.7 Å². The number of nitrogens with two attached hydrogens (primary N) is 1. The lowest BCUT2D eigenvalue weighted by Crippen LogP contribution is -2.38. The molecule has 0 aromatic heterocycles. The Hall–Kier alpha value is -1.80. The summed E-state index contributed by atoms with van der Waals surface area (Å²) < 4.78 is 30.2. The number of carbonyl (C=O) groups is 1. The van der Waals surface area contributed by atoms with Crippen molar-refractivity contribution in [2.45, 2.75) is 6.92 Å². The van der Waals surface area contributed by atoms with E-state index in [1.54, 1.807) is 19.1 Å². The highest BCUT2D eigenvalue weighted by Crippen LogP contribution is 2.25. The van der Waals surface area contributed by atoms with Gasteiger partial charge < -0.3 is 15.6 Å². The van der Waals surface area contributed by atoms with Crippen LogP contribution < -0.4 is 10.0 Å². The third-order valence-corrected chi connectivity index (χ3v) is 4.19. The summed E-state index contributed by atoms with van der Waals surface area (Å²) in [7, 11) is -3.82. The maximum absolute atomic E-state index is 12.2. The zero-order valence-electron chi connectivity index (χ0n) is 11.2. The van der Waals surface area contributed by atoms with Gasteiger partial charge in [0, 0.05) is 6.61 Å². The summed E-state index contributed by atoms with van der Waals surface area (Å²) in [5, 5.41) is 8.89. The van der Waals surface area contributed by atoms with Crippen LogP contribution in [0.5, 0.6) is 0 Å². The second kappa shape index (κ2) is 7.11. The predicted molar refractivity (Wildman–Crippen MR) is 76.1 cm³/mol. The fraction of sp³-hybridized carbons (Fsp3) is 0.417. The summed E-state index contributed by atoms with van der Waals surface area (Å²) in [5.41, 5.74) is 6.08. The molecule has 0 saturated carbocycles. The summed E-state index contributed by atoms with van der Waals surface area (Å²) in [6.45, 7) is 1.46. The van der Waals surface area contributed by atoms with Gasteiger partial charge in [-0.2, -0.15) is 0 Å². The first-order valence-corrected chi connectivity index (χ1v) is 7.64. The summed E-state index contributed by atoms with van der Waals surface area (Å²) in [6, 6.07) is 6.22. The van der Waals surface area contributed by atoms with Crippen molar-refractivity contribution in [2.24, 2.45) is 0 Å². The summed E-state index contributed by atoms with van der Waals surface area (Å²) >= 11 is 0. The Balaban J connectivity index is 3.06. The minimum Gasteiger partial charge on any atom is -0.480 e. The molecule has 0 atom stereocenters. The predicted octanol–water partition coefficient (Wildman–Crippen LogP) is 0.526. The summed E-state index contributed by atoms with van der Waals surface area (Å²) in [6.07, 6.45) is 0. The van der Waals surface area contributed by atoms with E-state index in [0.29, 0.717) is 6.61 Å². The molecule has 0 aliphatic rings. The smallest absolute Gasteiger partial charge is 0.324 e. The summed E-state index contributed by atoms with van der Waals surface area (Å²) in [5.74, 6) is -1.56. The molecule has 3 N–H and O–H groups in total. The molecule has 20 heavy (non-hydrogen) atoms. The van der Waals surface area contributed by atoms with Gasteiger partial charge in [0.05, 0.1) is 23.7 Å². The number of aliphatic carboxylic acids is 1. The second-order valence-electron chi connectivity index (χ2n) is 3.97. The number of anilines is 2. The van der Waals surface area contributed by atoms with Gasteiger partial charge in [0.2, 0.25) is 10.0 Å². The molecule has 0 radical (unpaired) electrons. The number of sulfonamides is 1. The normalized spacial score (nSPS) is 11.2. The number of ether oxygens (including phenoxy) is 1. The number of rotatable bonds is 8. The molecule has 1 aromatic carbocycles. The molecule has 0 unspecified atom stereocenters. The lowest BCUT2D eigenvalue weighted by atomic mass is 10.3. The van der Waals surface area contributed by atoms with Gasteiger partial charge in [0.25, 0.3) is 0 Å². The van der Waals surface area contributed by atoms with E-state index < -0.39 is 22.5 Å². The van der Waals surface area contributed by atoms with Gasteiger partial charge in [-0.25, -0.2) is 8.42 Å². The van der Waals surface area contributed by atoms with Crippen LogP contribution in [-0.2, 0) is 19.6 Å². The van der Waals surface area contributed by atoms with Crippen LogP contribution in [0.1, 0.15) is 6.92 Å². The molecule has 0 saturated heterocycles. The fourth-order valence-electron chi connectivity index (χ4n) is 1.59. The average Bonchev–Trinajstić information content (AvgIpc) is 2.37. The van der Waals surface area contributed by atoms with Gasteiger partial charge >= 0.3 is 5.97 Å². The van der Waals surface area contributed by atoms with Crippen LogP contribution in [0.4, 0.5) is 11.4 Å². The zero-order valence-corrected chi connectivity index (χ0v) is 12.0. The third-order valence-electron chi connectivity index (χ3n) is 2.51. The van der Waals surface area contributed by atoms with Crippen molar-refractivity contribution < 1.29 is 23.1 Å². The van der Waals surface area contributed by atoms with Crippen LogP contribution in [0.25, 0.3) is 0 Å². The molecular formula is C12H18N2O5S. The summed E-state index contributed by atoms with van der Waals surface area (Å²) in [4.78, 5) is 10.9. The molecule has 0 amide bonds. The van der Waals surface area contributed by atoms with Crippen molar-refractivity contribution in [1.82, 2.24) is 0 Å². The zero-order chi connectivity index (χ0) is 15.2. The molecule has 0 aliphatic carbocycles. The molecule has 1 aromatic rings. The first-order valence-electron chi connectivity index (χ1n) is 6.03. The van der Waals surface area contributed by atoms with Gasteiger partial charge in [-0.15, -0.1) is 0 Å². The van der Waals surface area contributed by atoms with Gasteiger partial charge in [0.1, 0.15) is 6.54 Å². The van der Waals surface area contributed by atoms with E-state index in [1.807, 2.05) is 0 Å². The van der Waals surface area contributed by atoms with Gasteiger partial charge in [-0.3, -0.25) is 9.10 Å². The average molecular weight is 302 g/mol. The van der Waals surface area contributed by atoms with Crippen molar-refractivity contribution in [2.75, 3.05) is 35.6 Å². The first kappa shape index (κ1) is 16.3. The van der Waals surface area contributed by atoms with E-state index in [1.165, 1.54) is 12.1 Å². The van der Waals surface area contributed by atoms with Crippen molar-refractivity contribution in [3.8, 4) is 0 Å². The highest BCUT2D eigenvalue weighted by molar-refractivity contribution is 7.92. The van der Waals surface area contributed by atoms with E-state index in [4.69, 9.17) is 15.6 Å². The number of hydrogen-bond donors (Lipinski definition) is 2. The van der Waals surface area contributed by atoms with Gasteiger partial charge in [0.15, 0.2) is 0 Å². The number of para-hydroxylation sites is 2. The molecule has 0 fully saturated rings. The number of hydrogen-bond acceptors (Lipinski definition) is 5. The molecule has 0 aliphatic heterocycles. The topological polar surface area (TPSA) is 110 Å². The molecule has 0 heterocycles. The van der Waals surface area contributed by atoms with Crippen LogP contribution in [0.15, 0.2) is 24.3 Å². The Morgan fingerprint density at radius 3 is 2.60 bits per heavy atom. The Morgan fingerprint density at radius 1 is 1.40 bits per heavy atom. The lowest BCUT2D eigenvalue weighted by Gasteiger charge is -2.23. The maximum atomic E-state index is 12.2. The third kappa shape index (κ3) is 4.39. The fourth-order valence-corrected chi connectivity index (χ4v) is 2.91. The van der Waals surface area contributed by atoms with E-state index in [2.05, 4.69) is 0 Å². The van der Waals surface area contributed by atoms with E-state index in [0.717, 1.165) is 4.31 Å². The van der Waals surface area contributed by atoms with Crippen molar-refractivity contribution >= 4 is 27.4 Å². The van der Waals surface area contributed by atoms with Gasteiger partial charge in [-0.05, 0) is 19.1 Å². The van der Waals surface area contributed by atoms with Crippen LogP contribution in [0.2, 0.25) is 0 Å². The number of nitrogens with zero attached hydrogens (tertiary/aromatic N) is 1. The quantitative estimate of drug-likeness (QED) is 0.535. The lowest BCUT2D eigenvalue weighted by molar-refractivity contribution is -0.135. The molecule has 1 rings (SSSR count). The van der Waals surface area contributed by atoms with Crippen molar-refractivity contribution in [1.29, 1.82) is 0 Å². The Morgan fingerprint density at radius 2 is 2.05 bits per heavy atom.